The van der Waals surface area contributed by atoms with Gasteiger partial charge < -0.3 is 18.7 Å². The van der Waals surface area contributed by atoms with Crippen LogP contribution in [0.4, 0.5) is 0 Å². The van der Waals surface area contributed by atoms with Crippen molar-refractivity contribution in [1.29, 1.82) is 0 Å². The van der Waals surface area contributed by atoms with Crippen LogP contribution >= 0.6 is 0 Å². The van der Waals surface area contributed by atoms with Gasteiger partial charge >= 0.3 is 33.9 Å². The van der Waals surface area contributed by atoms with E-state index in [1.54, 1.807) is 0 Å². The fourth-order valence-electron chi connectivity index (χ4n) is 4.86. The van der Waals surface area contributed by atoms with Crippen molar-refractivity contribution in [3.8, 4) is 17.2 Å². The molecule has 54 heavy (non-hydrogen) atoms. The molecule has 0 fully saturated rings. The molecule has 0 aromatic heterocycles. The van der Waals surface area contributed by atoms with Crippen molar-refractivity contribution in [2.45, 2.75) is 91.2 Å². The predicted octanol–water partition coefficient (Wildman–Crippen LogP) is 10.8. The number of hydrogen-bond donors (Lipinski definition) is 0. The summed E-state index contributed by atoms with van der Waals surface area (Å²) in [6, 6.07) is 25.2. The van der Waals surface area contributed by atoms with Gasteiger partial charge in [-0.05, 0) is 112 Å². The molecule has 0 unspecified atom stereocenters. The van der Waals surface area contributed by atoms with E-state index in [0.717, 1.165) is 40.2 Å². The number of benzene rings is 3. The van der Waals surface area contributed by atoms with Gasteiger partial charge in [-0.15, -0.1) is 0 Å². The summed E-state index contributed by atoms with van der Waals surface area (Å²) in [5, 5.41) is 12.7. The van der Waals surface area contributed by atoms with Gasteiger partial charge in [0.15, 0.2) is 0 Å². The maximum atomic E-state index is 12.5. The summed E-state index contributed by atoms with van der Waals surface area (Å²) in [4.78, 5) is 0. The van der Waals surface area contributed by atoms with E-state index in [-0.39, 0.29) is 39.5 Å². The van der Waals surface area contributed by atoms with Crippen molar-refractivity contribution >= 4 is 27.8 Å². The monoisotopic (exact) mass is 804 g/mol. The third kappa shape index (κ3) is 13.7. The second kappa shape index (κ2) is 22.4. The Morgan fingerprint density at radius 2 is 0.926 bits per heavy atom. The molecule has 0 saturated carbocycles. The average molecular weight is 805 g/mol. The van der Waals surface area contributed by atoms with E-state index in [4.69, 9.17) is 27.5 Å². The summed E-state index contributed by atoms with van der Waals surface area (Å²) in [5.41, 5.74) is 6.42. The van der Waals surface area contributed by atoms with Crippen LogP contribution in [0.3, 0.4) is 0 Å². The number of rotatable bonds is 11. The van der Waals surface area contributed by atoms with Crippen molar-refractivity contribution in [3.63, 3.8) is 0 Å². The SMILES string of the molecule is CC/C(=C(\c1ccc(OCC([O-])=C2C=CC=C2)cc1)c1ccc(O[Si](C)(C)C(C)(C)C)cc1)c1ccc(O[Si](C)(C)C(C)(C)C)cc1.[C-]#[O+].[C-]#[O+].[C-]#[O+].[Mn]. The Hall–Kier alpha value is -4.01. The molecule has 1 aliphatic rings. The third-order valence-electron chi connectivity index (χ3n) is 9.86. The second-order valence-electron chi connectivity index (χ2n) is 15.4. The van der Waals surface area contributed by atoms with Crippen LogP contribution in [-0.2, 0) is 31.0 Å². The van der Waals surface area contributed by atoms with Gasteiger partial charge in [0, 0.05) is 17.1 Å². The Morgan fingerprint density at radius 1 is 0.593 bits per heavy atom. The van der Waals surface area contributed by atoms with E-state index >= 15 is 0 Å². The molecule has 7 nitrogen and oxygen atoms in total. The van der Waals surface area contributed by atoms with Crippen molar-refractivity contribution < 1.29 is 49.7 Å². The second-order valence-corrected chi connectivity index (χ2v) is 24.8. The molecule has 287 valence electrons. The third-order valence-corrected chi connectivity index (χ3v) is 18.6. The molecule has 3 aromatic carbocycles. The molecule has 4 rings (SSSR count). The molecular weight excluding hydrogens is 752 g/mol. The van der Waals surface area contributed by atoms with Crippen molar-refractivity contribution in [3.05, 3.63) is 145 Å². The molecule has 0 N–H and O–H groups in total. The van der Waals surface area contributed by atoms with E-state index in [0.29, 0.717) is 11.3 Å². The van der Waals surface area contributed by atoms with E-state index in [9.17, 15) is 5.11 Å². The summed E-state index contributed by atoms with van der Waals surface area (Å²) < 4.78 is 41.6. The van der Waals surface area contributed by atoms with Gasteiger partial charge in [-0.25, -0.2) is 0 Å². The molecule has 1 radical (unpaired) electrons. The Morgan fingerprint density at radius 3 is 1.26 bits per heavy atom. The number of hydrogen-bond acceptors (Lipinski definition) is 4. The minimum absolute atomic E-state index is 0. The Bertz CT molecular complexity index is 1770. The van der Waals surface area contributed by atoms with Crippen LogP contribution < -0.4 is 18.7 Å². The van der Waals surface area contributed by atoms with Crippen molar-refractivity contribution in [1.82, 2.24) is 0 Å². The Kier molecular flexibility index (Phi) is 20.7. The van der Waals surface area contributed by atoms with Crippen LogP contribution in [0.25, 0.3) is 11.1 Å². The largest absolute Gasteiger partial charge is 0 e. The minimum Gasteiger partial charge on any atom is 0 e. The zero-order valence-corrected chi connectivity index (χ0v) is 36.6. The minimum atomic E-state index is -1.97. The molecule has 0 bridgehead atoms. The van der Waals surface area contributed by atoms with Crippen LogP contribution in [0.1, 0.15) is 71.6 Å². The first kappa shape index (κ1) is 50.0. The van der Waals surface area contributed by atoms with Gasteiger partial charge in [0.25, 0.3) is 0 Å². The smallest absolute Gasteiger partial charge is 0 e. The molecule has 3 aromatic rings. The molecule has 10 heteroatoms. The molecule has 0 atom stereocenters. The van der Waals surface area contributed by atoms with E-state index in [2.05, 4.69) is 155 Å². The predicted molar refractivity (Wildman–Crippen MR) is 214 cm³/mol. The molecule has 0 aliphatic heterocycles. The topological polar surface area (TPSA) is 110 Å². The van der Waals surface area contributed by atoms with Crippen LogP contribution in [0.15, 0.2) is 108 Å². The molecular formula is C44H53MnO7Si2-. The number of allylic oxidation sites excluding steroid dienone is 6. The molecule has 0 spiro atoms. The summed E-state index contributed by atoms with van der Waals surface area (Å²) in [6.07, 6.45) is 8.19. The first-order chi connectivity index (χ1) is 24.9. The van der Waals surface area contributed by atoms with Crippen LogP contribution in [0.2, 0.25) is 36.3 Å². The average Bonchev–Trinajstić information content (AvgIpc) is 3.68. The fraction of sp³-hybridized carbons (Fsp3) is 0.341. The van der Waals surface area contributed by atoms with Crippen molar-refractivity contribution in [2.24, 2.45) is 0 Å². The quantitative estimate of drug-likeness (QED) is 0.0632. The molecule has 0 saturated heterocycles. The zero-order valence-electron chi connectivity index (χ0n) is 33.4. The molecule has 1 aliphatic carbocycles. The summed E-state index contributed by atoms with van der Waals surface area (Å²) in [5.74, 6) is 2.45. The summed E-state index contributed by atoms with van der Waals surface area (Å²) in [7, 11) is -3.92. The van der Waals surface area contributed by atoms with Crippen LogP contribution in [0.5, 0.6) is 17.2 Å². The van der Waals surface area contributed by atoms with E-state index < -0.39 is 16.6 Å². The van der Waals surface area contributed by atoms with Gasteiger partial charge in [0.2, 0.25) is 16.6 Å². The zero-order chi connectivity index (χ0) is 40.6. The van der Waals surface area contributed by atoms with Gasteiger partial charge in [-0.2, -0.15) is 0 Å². The van der Waals surface area contributed by atoms with Gasteiger partial charge in [-0.3, -0.25) is 0 Å². The first-order valence-corrected chi connectivity index (χ1v) is 23.1. The summed E-state index contributed by atoms with van der Waals surface area (Å²) in [6.45, 7) is 38.4. The van der Waals surface area contributed by atoms with Crippen LogP contribution in [0, 0.1) is 20.0 Å². The summed E-state index contributed by atoms with van der Waals surface area (Å²) >= 11 is 0. The maximum absolute atomic E-state index is 12.5. The van der Waals surface area contributed by atoms with E-state index in [1.165, 1.54) is 5.57 Å². The van der Waals surface area contributed by atoms with Crippen LogP contribution in [-0.4, -0.2) is 23.2 Å². The number of ether oxygens (including phenoxy) is 1. The molecule has 0 amide bonds. The first-order valence-electron chi connectivity index (χ1n) is 17.3. The van der Waals surface area contributed by atoms with Crippen molar-refractivity contribution in [2.75, 3.05) is 6.61 Å². The normalized spacial score (nSPS) is 12.5. The van der Waals surface area contributed by atoms with Gasteiger partial charge in [-0.1, -0.05) is 115 Å². The Labute approximate surface area is 336 Å². The van der Waals surface area contributed by atoms with E-state index in [1.807, 2.05) is 36.4 Å². The fourth-order valence-corrected chi connectivity index (χ4v) is 6.92. The maximum Gasteiger partial charge on any atom is 0 e. The standard InChI is InChI=1S/C41H54O4Si2.3CO.Mn/c1-12-37(30-17-25-35(26-18-30)44-46(8,9)40(2,3)4)39(33-21-27-36(28-22-33)45-47(10,11)41(5,6)7)32-19-23-34(24-20-32)43-29-38(42)31-15-13-14-16-31;3*1-2;/h13-28,42H,12,29H2,1-11H3;;;;/p-1/b39-37-;;;;. The van der Waals surface area contributed by atoms with Gasteiger partial charge in [0.05, 0.1) is 6.61 Å². The van der Waals surface area contributed by atoms with Gasteiger partial charge in [0.1, 0.15) is 17.2 Å². The molecule has 0 heterocycles. The Balaban J connectivity index is 0.00000382.